The molecule has 1 unspecified atom stereocenters. The maximum absolute atomic E-state index is 11.6. The first-order valence-electron chi connectivity index (χ1n) is 7.11. The summed E-state index contributed by atoms with van der Waals surface area (Å²) in [5.41, 5.74) is 1.11. The first-order chi connectivity index (χ1) is 11.0. The van der Waals surface area contributed by atoms with Gasteiger partial charge in [0.15, 0.2) is 0 Å². The Balaban J connectivity index is 1.96. The van der Waals surface area contributed by atoms with E-state index >= 15 is 0 Å². The zero-order chi connectivity index (χ0) is 16.8. The zero-order valence-corrected chi connectivity index (χ0v) is 14.0. The van der Waals surface area contributed by atoms with Gasteiger partial charge in [-0.05, 0) is 42.8 Å². The Kier molecular flexibility index (Phi) is 6.21. The smallest absolute Gasteiger partial charge is 0.252 e. The number of nitrogens with zero attached hydrogens (tertiary/aromatic N) is 1. The van der Waals surface area contributed by atoms with Gasteiger partial charge in [0, 0.05) is 29.3 Å². The highest BCUT2D eigenvalue weighted by molar-refractivity contribution is 6.34. The second-order valence-corrected chi connectivity index (χ2v) is 5.76. The van der Waals surface area contributed by atoms with E-state index in [4.69, 9.17) is 23.2 Å². The third-order valence-electron chi connectivity index (χ3n) is 3.11. The molecule has 5 nitrogen and oxygen atoms in total. The molecular weight excluding hydrogens is 337 g/mol. The normalized spacial score (nSPS) is 11.8. The summed E-state index contributed by atoms with van der Waals surface area (Å²) in [6.45, 7) is 2.65. The summed E-state index contributed by atoms with van der Waals surface area (Å²) >= 11 is 11.8. The van der Waals surface area contributed by atoms with Gasteiger partial charge < -0.3 is 15.7 Å². The van der Waals surface area contributed by atoms with Crippen LogP contribution in [0, 0.1) is 0 Å². The fourth-order valence-electron chi connectivity index (χ4n) is 1.98. The Labute approximate surface area is 144 Å². The molecule has 3 N–H and O–H groups in total. The van der Waals surface area contributed by atoms with Gasteiger partial charge in [-0.1, -0.05) is 23.2 Å². The number of benzene rings is 1. The predicted octanol–water partition coefficient (Wildman–Crippen LogP) is 3.28. The number of amides is 1. The SMILES string of the molecule is CCNC(=O)c1ccc(NCC(O)c2cc(Cl)cc(Cl)c2)nc1. The highest BCUT2D eigenvalue weighted by atomic mass is 35.5. The molecule has 2 aromatic rings. The van der Waals surface area contributed by atoms with Gasteiger partial charge in [-0.15, -0.1) is 0 Å². The topological polar surface area (TPSA) is 74.2 Å². The van der Waals surface area contributed by atoms with Gasteiger partial charge in [0.1, 0.15) is 5.82 Å². The molecule has 1 aromatic carbocycles. The molecule has 0 radical (unpaired) electrons. The van der Waals surface area contributed by atoms with Crippen molar-refractivity contribution in [3.05, 3.63) is 57.7 Å². The molecule has 0 bridgehead atoms. The second kappa shape index (κ2) is 8.15. The number of hydrogen-bond donors (Lipinski definition) is 3. The molecule has 0 spiro atoms. The largest absolute Gasteiger partial charge is 0.387 e. The molecular formula is C16H17Cl2N3O2. The Morgan fingerprint density at radius 1 is 1.26 bits per heavy atom. The maximum atomic E-state index is 11.6. The summed E-state index contributed by atoms with van der Waals surface area (Å²) in [6, 6.07) is 8.27. The van der Waals surface area contributed by atoms with Crippen molar-refractivity contribution in [2.24, 2.45) is 0 Å². The quantitative estimate of drug-likeness (QED) is 0.744. The van der Waals surface area contributed by atoms with Crippen LogP contribution in [0.4, 0.5) is 5.82 Å². The minimum Gasteiger partial charge on any atom is -0.387 e. The van der Waals surface area contributed by atoms with Crippen LogP contribution in [0.1, 0.15) is 28.9 Å². The van der Waals surface area contributed by atoms with Crippen molar-refractivity contribution in [1.29, 1.82) is 0 Å². The Hall–Kier alpha value is -1.82. The Bertz CT molecular complexity index is 657. The molecule has 1 heterocycles. The summed E-state index contributed by atoms with van der Waals surface area (Å²) < 4.78 is 0. The number of aliphatic hydroxyl groups is 1. The fourth-order valence-corrected chi connectivity index (χ4v) is 2.52. The summed E-state index contributed by atoms with van der Waals surface area (Å²) in [6.07, 6.45) is 0.701. The van der Waals surface area contributed by atoms with Crippen molar-refractivity contribution < 1.29 is 9.90 Å². The molecule has 1 aromatic heterocycles. The summed E-state index contributed by atoms with van der Waals surface area (Å²) in [5.74, 6) is 0.394. The molecule has 122 valence electrons. The third-order valence-corrected chi connectivity index (χ3v) is 3.55. The van der Waals surface area contributed by atoms with E-state index in [1.165, 1.54) is 6.20 Å². The lowest BCUT2D eigenvalue weighted by molar-refractivity contribution is 0.0955. The number of nitrogens with one attached hydrogen (secondary N) is 2. The molecule has 1 atom stereocenters. The Morgan fingerprint density at radius 2 is 1.96 bits per heavy atom. The molecule has 0 saturated heterocycles. The van der Waals surface area contributed by atoms with Gasteiger partial charge in [-0.2, -0.15) is 0 Å². The number of hydrogen-bond acceptors (Lipinski definition) is 4. The van der Waals surface area contributed by atoms with Crippen LogP contribution in [0.2, 0.25) is 10.0 Å². The van der Waals surface area contributed by atoms with Crippen LogP contribution in [0.5, 0.6) is 0 Å². The van der Waals surface area contributed by atoms with E-state index in [2.05, 4.69) is 15.6 Å². The van der Waals surface area contributed by atoms with E-state index < -0.39 is 6.10 Å². The highest BCUT2D eigenvalue weighted by Crippen LogP contribution is 2.23. The Morgan fingerprint density at radius 3 is 2.52 bits per heavy atom. The van der Waals surface area contributed by atoms with Crippen LogP contribution in [-0.4, -0.2) is 29.1 Å². The van der Waals surface area contributed by atoms with Gasteiger partial charge in [0.25, 0.3) is 5.91 Å². The van der Waals surface area contributed by atoms with Crippen molar-refractivity contribution in [2.45, 2.75) is 13.0 Å². The van der Waals surface area contributed by atoms with E-state index in [1.54, 1.807) is 30.3 Å². The lowest BCUT2D eigenvalue weighted by Gasteiger charge is -2.13. The lowest BCUT2D eigenvalue weighted by Crippen LogP contribution is -2.22. The van der Waals surface area contributed by atoms with Crippen LogP contribution >= 0.6 is 23.2 Å². The van der Waals surface area contributed by atoms with E-state index in [1.807, 2.05) is 6.92 Å². The van der Waals surface area contributed by atoms with Gasteiger partial charge in [0.05, 0.1) is 11.7 Å². The minimum absolute atomic E-state index is 0.167. The van der Waals surface area contributed by atoms with Crippen LogP contribution in [0.15, 0.2) is 36.5 Å². The van der Waals surface area contributed by atoms with Crippen LogP contribution in [0.25, 0.3) is 0 Å². The average molecular weight is 354 g/mol. The van der Waals surface area contributed by atoms with E-state index in [0.29, 0.717) is 33.5 Å². The first kappa shape index (κ1) is 17.5. The maximum Gasteiger partial charge on any atom is 0.252 e. The fraction of sp³-hybridized carbons (Fsp3) is 0.250. The lowest BCUT2D eigenvalue weighted by atomic mass is 10.1. The highest BCUT2D eigenvalue weighted by Gasteiger charge is 2.10. The molecule has 1 amide bonds. The van der Waals surface area contributed by atoms with Crippen LogP contribution < -0.4 is 10.6 Å². The number of carbonyl (C=O) groups excluding carboxylic acids is 1. The third kappa shape index (κ3) is 5.10. The van der Waals surface area contributed by atoms with E-state index in [-0.39, 0.29) is 12.5 Å². The standard InChI is InChI=1S/C16H17Cl2N3O2/c1-2-19-16(23)10-3-4-15(20-8-10)21-9-14(22)11-5-12(17)7-13(18)6-11/h3-8,14,22H,2,9H2,1H3,(H,19,23)(H,20,21). The number of carbonyl (C=O) groups is 1. The number of aliphatic hydroxyl groups excluding tert-OH is 1. The van der Waals surface area contributed by atoms with E-state index in [0.717, 1.165) is 0 Å². The molecule has 0 aliphatic rings. The zero-order valence-electron chi connectivity index (χ0n) is 12.5. The summed E-state index contributed by atoms with van der Waals surface area (Å²) in [4.78, 5) is 15.8. The number of halogens is 2. The van der Waals surface area contributed by atoms with Crippen molar-refractivity contribution in [2.75, 3.05) is 18.4 Å². The molecule has 0 fully saturated rings. The van der Waals surface area contributed by atoms with Crippen molar-refractivity contribution in [1.82, 2.24) is 10.3 Å². The number of pyridine rings is 1. The van der Waals surface area contributed by atoms with Crippen LogP contribution in [-0.2, 0) is 0 Å². The van der Waals surface area contributed by atoms with Crippen LogP contribution in [0.3, 0.4) is 0 Å². The average Bonchev–Trinajstić information content (AvgIpc) is 2.52. The number of anilines is 1. The summed E-state index contributed by atoms with van der Waals surface area (Å²) in [5, 5.41) is 16.8. The molecule has 0 aliphatic carbocycles. The number of aromatic nitrogens is 1. The molecule has 2 rings (SSSR count). The van der Waals surface area contributed by atoms with Gasteiger partial charge in [-0.25, -0.2) is 4.98 Å². The monoisotopic (exact) mass is 353 g/mol. The summed E-state index contributed by atoms with van der Waals surface area (Å²) in [7, 11) is 0. The van der Waals surface area contributed by atoms with Gasteiger partial charge in [0.2, 0.25) is 0 Å². The molecule has 0 aliphatic heterocycles. The van der Waals surface area contributed by atoms with E-state index in [9.17, 15) is 9.90 Å². The van der Waals surface area contributed by atoms with Crippen molar-refractivity contribution in [3.8, 4) is 0 Å². The van der Waals surface area contributed by atoms with Gasteiger partial charge in [-0.3, -0.25) is 4.79 Å². The second-order valence-electron chi connectivity index (χ2n) is 4.89. The molecule has 23 heavy (non-hydrogen) atoms. The first-order valence-corrected chi connectivity index (χ1v) is 7.87. The number of rotatable bonds is 6. The van der Waals surface area contributed by atoms with Crippen molar-refractivity contribution >= 4 is 34.9 Å². The molecule has 7 heteroatoms. The van der Waals surface area contributed by atoms with Crippen molar-refractivity contribution in [3.63, 3.8) is 0 Å². The molecule has 0 saturated carbocycles. The van der Waals surface area contributed by atoms with Gasteiger partial charge >= 0.3 is 0 Å². The predicted molar refractivity (Wildman–Crippen MR) is 92.2 cm³/mol. The minimum atomic E-state index is -0.781.